The normalized spacial score (nSPS) is 24.4. The second kappa shape index (κ2) is 6.38. The first-order chi connectivity index (χ1) is 9.10. The van der Waals surface area contributed by atoms with Gasteiger partial charge in [0.15, 0.2) is 0 Å². The van der Waals surface area contributed by atoms with Crippen molar-refractivity contribution in [3.63, 3.8) is 0 Å². The summed E-state index contributed by atoms with van der Waals surface area (Å²) in [5.41, 5.74) is 0.715. The second-order valence-electron chi connectivity index (χ2n) is 5.80. The van der Waals surface area contributed by atoms with Gasteiger partial charge in [0.25, 0.3) is 0 Å². The highest BCUT2D eigenvalue weighted by Crippen LogP contribution is 2.30. The summed E-state index contributed by atoms with van der Waals surface area (Å²) in [7, 11) is 1.55. The van der Waals surface area contributed by atoms with Gasteiger partial charge in [-0.25, -0.2) is 4.39 Å². The molecule has 2 rings (SSSR count). The number of halogens is 1. The van der Waals surface area contributed by atoms with Gasteiger partial charge in [-0.2, -0.15) is 0 Å². The molecule has 0 bridgehead atoms. The van der Waals surface area contributed by atoms with E-state index < -0.39 is 0 Å². The SMILES string of the molecule is COc1ccc(C(C)NCC2CCC(C)C2)c(F)c1. The van der Waals surface area contributed by atoms with Gasteiger partial charge < -0.3 is 10.1 Å². The number of rotatable bonds is 5. The fraction of sp³-hybridized carbons (Fsp3) is 0.625. The Balaban J connectivity index is 1.90. The largest absolute Gasteiger partial charge is 0.497 e. The number of hydrogen-bond acceptors (Lipinski definition) is 2. The average Bonchev–Trinajstić information content (AvgIpc) is 2.81. The van der Waals surface area contributed by atoms with Crippen LogP contribution in [0.25, 0.3) is 0 Å². The van der Waals surface area contributed by atoms with Crippen LogP contribution in [0.3, 0.4) is 0 Å². The maximum atomic E-state index is 13.9. The zero-order valence-corrected chi connectivity index (χ0v) is 12.1. The molecule has 106 valence electrons. The molecule has 0 spiro atoms. The highest BCUT2D eigenvalue weighted by Gasteiger charge is 2.22. The Morgan fingerprint density at radius 2 is 2.21 bits per heavy atom. The minimum atomic E-state index is -0.195. The van der Waals surface area contributed by atoms with Crippen LogP contribution in [0, 0.1) is 17.7 Å². The minimum Gasteiger partial charge on any atom is -0.497 e. The molecule has 0 amide bonds. The van der Waals surface area contributed by atoms with E-state index in [4.69, 9.17) is 4.74 Å². The summed E-state index contributed by atoms with van der Waals surface area (Å²) < 4.78 is 19.0. The summed E-state index contributed by atoms with van der Waals surface area (Å²) >= 11 is 0. The molecule has 0 aliphatic heterocycles. The highest BCUT2D eigenvalue weighted by atomic mass is 19.1. The van der Waals surface area contributed by atoms with Gasteiger partial charge in [0, 0.05) is 17.7 Å². The van der Waals surface area contributed by atoms with Crippen LogP contribution in [0.2, 0.25) is 0 Å². The molecule has 19 heavy (non-hydrogen) atoms. The van der Waals surface area contributed by atoms with Crippen molar-refractivity contribution in [1.82, 2.24) is 5.32 Å². The number of ether oxygens (including phenoxy) is 1. The van der Waals surface area contributed by atoms with E-state index in [-0.39, 0.29) is 11.9 Å². The van der Waals surface area contributed by atoms with Gasteiger partial charge >= 0.3 is 0 Å². The fourth-order valence-electron chi connectivity index (χ4n) is 2.95. The van der Waals surface area contributed by atoms with Crippen molar-refractivity contribution in [3.8, 4) is 5.75 Å². The number of methoxy groups -OCH3 is 1. The average molecular weight is 265 g/mol. The highest BCUT2D eigenvalue weighted by molar-refractivity contribution is 5.30. The molecule has 3 atom stereocenters. The summed E-state index contributed by atoms with van der Waals surface area (Å²) in [6.07, 6.45) is 3.93. The molecule has 0 saturated heterocycles. The van der Waals surface area contributed by atoms with Crippen LogP contribution in [0.1, 0.15) is 44.7 Å². The maximum Gasteiger partial charge on any atom is 0.131 e. The van der Waals surface area contributed by atoms with Crippen molar-refractivity contribution in [2.45, 2.75) is 39.2 Å². The van der Waals surface area contributed by atoms with Crippen LogP contribution in [-0.2, 0) is 0 Å². The van der Waals surface area contributed by atoms with Crippen molar-refractivity contribution in [2.75, 3.05) is 13.7 Å². The van der Waals surface area contributed by atoms with Gasteiger partial charge in [-0.3, -0.25) is 0 Å². The van der Waals surface area contributed by atoms with Crippen molar-refractivity contribution >= 4 is 0 Å². The van der Waals surface area contributed by atoms with Crippen LogP contribution >= 0.6 is 0 Å². The fourth-order valence-corrected chi connectivity index (χ4v) is 2.95. The van der Waals surface area contributed by atoms with Crippen LogP contribution in [0.15, 0.2) is 18.2 Å². The van der Waals surface area contributed by atoms with Gasteiger partial charge in [-0.1, -0.05) is 19.4 Å². The lowest BCUT2D eigenvalue weighted by atomic mass is 10.0. The summed E-state index contributed by atoms with van der Waals surface area (Å²) in [6.45, 7) is 5.31. The topological polar surface area (TPSA) is 21.3 Å². The molecule has 1 aromatic carbocycles. The van der Waals surface area contributed by atoms with E-state index in [1.54, 1.807) is 7.11 Å². The Kier molecular flexibility index (Phi) is 4.81. The van der Waals surface area contributed by atoms with E-state index in [1.807, 2.05) is 19.1 Å². The maximum absolute atomic E-state index is 13.9. The van der Waals surface area contributed by atoms with Gasteiger partial charge in [0.2, 0.25) is 0 Å². The van der Waals surface area contributed by atoms with Crippen molar-refractivity contribution in [1.29, 1.82) is 0 Å². The van der Waals surface area contributed by atoms with Gasteiger partial charge in [-0.05, 0) is 44.2 Å². The van der Waals surface area contributed by atoms with Crippen LogP contribution < -0.4 is 10.1 Å². The first-order valence-corrected chi connectivity index (χ1v) is 7.17. The lowest BCUT2D eigenvalue weighted by Gasteiger charge is -2.18. The molecule has 3 heteroatoms. The van der Waals surface area contributed by atoms with Crippen molar-refractivity contribution in [2.24, 2.45) is 11.8 Å². The first kappa shape index (κ1) is 14.3. The molecule has 1 N–H and O–H groups in total. The van der Waals surface area contributed by atoms with Crippen LogP contribution in [0.4, 0.5) is 4.39 Å². The van der Waals surface area contributed by atoms with E-state index in [0.717, 1.165) is 18.4 Å². The molecular weight excluding hydrogens is 241 g/mol. The summed E-state index contributed by atoms with van der Waals surface area (Å²) in [6, 6.07) is 5.12. The van der Waals surface area contributed by atoms with E-state index in [2.05, 4.69) is 12.2 Å². The monoisotopic (exact) mass is 265 g/mol. The molecule has 2 nitrogen and oxygen atoms in total. The predicted molar refractivity (Wildman–Crippen MR) is 75.9 cm³/mol. The number of hydrogen-bond donors (Lipinski definition) is 1. The molecule has 0 heterocycles. The Bertz CT molecular complexity index is 421. The van der Waals surface area contributed by atoms with E-state index in [9.17, 15) is 4.39 Å². The Morgan fingerprint density at radius 1 is 1.42 bits per heavy atom. The van der Waals surface area contributed by atoms with Crippen LogP contribution in [-0.4, -0.2) is 13.7 Å². The molecule has 3 unspecified atom stereocenters. The van der Waals surface area contributed by atoms with Gasteiger partial charge in [-0.15, -0.1) is 0 Å². The number of nitrogens with one attached hydrogen (secondary N) is 1. The Morgan fingerprint density at radius 3 is 2.79 bits per heavy atom. The number of benzene rings is 1. The third kappa shape index (κ3) is 3.69. The molecule has 0 aromatic heterocycles. The minimum absolute atomic E-state index is 0.0433. The van der Waals surface area contributed by atoms with E-state index in [0.29, 0.717) is 11.3 Å². The third-order valence-electron chi connectivity index (χ3n) is 4.19. The van der Waals surface area contributed by atoms with E-state index in [1.165, 1.54) is 25.3 Å². The third-order valence-corrected chi connectivity index (χ3v) is 4.19. The van der Waals surface area contributed by atoms with Crippen LogP contribution in [0.5, 0.6) is 5.75 Å². The lowest BCUT2D eigenvalue weighted by Crippen LogP contribution is -2.25. The smallest absolute Gasteiger partial charge is 0.131 e. The molecule has 1 fully saturated rings. The first-order valence-electron chi connectivity index (χ1n) is 7.17. The molecular formula is C16H24FNO. The summed E-state index contributed by atoms with van der Waals surface area (Å²) in [5.74, 6) is 1.97. The summed E-state index contributed by atoms with van der Waals surface area (Å²) in [4.78, 5) is 0. The molecule has 0 radical (unpaired) electrons. The zero-order chi connectivity index (χ0) is 13.8. The van der Waals surface area contributed by atoms with Gasteiger partial charge in [0.05, 0.1) is 7.11 Å². The molecule has 1 aliphatic carbocycles. The van der Waals surface area contributed by atoms with Gasteiger partial charge in [0.1, 0.15) is 11.6 Å². The Hall–Kier alpha value is -1.09. The second-order valence-corrected chi connectivity index (χ2v) is 5.80. The lowest BCUT2D eigenvalue weighted by molar-refractivity contribution is 0.407. The standard InChI is InChI=1S/C16H24FNO/c1-11-4-5-13(8-11)10-18-12(2)15-7-6-14(19-3)9-16(15)17/h6-7,9,11-13,18H,4-5,8,10H2,1-3H3. The van der Waals surface area contributed by atoms with Crippen molar-refractivity contribution in [3.05, 3.63) is 29.6 Å². The molecule has 1 aliphatic rings. The Labute approximate surface area is 115 Å². The molecule has 1 aromatic rings. The summed E-state index contributed by atoms with van der Waals surface area (Å²) in [5, 5.41) is 3.46. The zero-order valence-electron chi connectivity index (χ0n) is 12.1. The van der Waals surface area contributed by atoms with E-state index >= 15 is 0 Å². The predicted octanol–water partition coefficient (Wildman–Crippen LogP) is 3.92. The van der Waals surface area contributed by atoms with Crippen molar-refractivity contribution < 1.29 is 9.13 Å². The molecule has 1 saturated carbocycles. The quantitative estimate of drug-likeness (QED) is 0.871.